The first-order chi connectivity index (χ1) is 8.91. The van der Waals surface area contributed by atoms with E-state index in [0.29, 0.717) is 21.4 Å². The summed E-state index contributed by atoms with van der Waals surface area (Å²) in [5.74, 6) is 0.598. The van der Waals surface area contributed by atoms with Crippen molar-refractivity contribution in [1.82, 2.24) is 9.97 Å². The zero-order valence-corrected chi connectivity index (χ0v) is 12.1. The molecule has 0 saturated carbocycles. The molecule has 1 heterocycles. The third-order valence-corrected chi connectivity index (χ3v) is 3.57. The van der Waals surface area contributed by atoms with Crippen molar-refractivity contribution in [1.29, 1.82) is 0 Å². The Labute approximate surface area is 121 Å². The van der Waals surface area contributed by atoms with Crippen molar-refractivity contribution in [2.75, 3.05) is 11.5 Å². The maximum Gasteiger partial charge on any atom is 0.222 e. The number of halogens is 2. The summed E-state index contributed by atoms with van der Waals surface area (Å²) in [6, 6.07) is 5.37. The lowest BCUT2D eigenvalue weighted by Gasteiger charge is -2.15. The van der Waals surface area contributed by atoms with Gasteiger partial charge >= 0.3 is 0 Å². The van der Waals surface area contributed by atoms with E-state index in [1.807, 2.05) is 26.0 Å². The molecule has 4 nitrogen and oxygen atoms in total. The number of nitrogens with two attached hydrogens (primary N) is 2. The number of benzene rings is 1. The molecule has 0 aliphatic heterocycles. The number of aromatic nitrogens is 2. The average Bonchev–Trinajstić information content (AvgIpc) is 2.32. The van der Waals surface area contributed by atoms with Crippen LogP contribution in [0.4, 0.5) is 11.8 Å². The van der Waals surface area contributed by atoms with E-state index in [2.05, 4.69) is 9.97 Å². The molecule has 0 atom stereocenters. The smallest absolute Gasteiger partial charge is 0.222 e. The molecule has 0 unspecified atom stereocenters. The second-order valence-electron chi connectivity index (χ2n) is 4.48. The Kier molecular flexibility index (Phi) is 3.83. The molecule has 4 N–H and O–H groups in total. The number of hydrogen-bond donors (Lipinski definition) is 2. The van der Waals surface area contributed by atoms with Gasteiger partial charge in [-0.3, -0.25) is 0 Å². The van der Waals surface area contributed by atoms with Gasteiger partial charge in [0.25, 0.3) is 0 Å². The van der Waals surface area contributed by atoms with Crippen LogP contribution in [0.3, 0.4) is 0 Å². The lowest BCUT2D eigenvalue weighted by molar-refractivity contribution is 0.822. The van der Waals surface area contributed by atoms with E-state index < -0.39 is 0 Å². The van der Waals surface area contributed by atoms with Crippen LogP contribution < -0.4 is 11.5 Å². The summed E-state index contributed by atoms with van der Waals surface area (Å²) in [5.41, 5.74) is 13.8. The van der Waals surface area contributed by atoms with Crippen molar-refractivity contribution in [3.05, 3.63) is 33.9 Å². The first-order valence-corrected chi connectivity index (χ1v) is 6.54. The second kappa shape index (κ2) is 5.23. The van der Waals surface area contributed by atoms with Gasteiger partial charge in [-0.1, -0.05) is 49.2 Å². The molecule has 0 bridgehead atoms. The molecule has 0 aliphatic rings. The summed E-state index contributed by atoms with van der Waals surface area (Å²) in [6.07, 6.45) is 0. The Bertz CT molecular complexity index is 626. The topological polar surface area (TPSA) is 77.8 Å². The van der Waals surface area contributed by atoms with Gasteiger partial charge in [-0.2, -0.15) is 4.98 Å². The highest BCUT2D eigenvalue weighted by Crippen LogP contribution is 2.39. The Morgan fingerprint density at radius 1 is 1.11 bits per heavy atom. The standard InChI is InChI=1S/C13H14Cl2N4/c1-6(2)11-9(12(16)19-13(17)18-11)7-4-3-5-8(14)10(7)15/h3-6H,1-2H3,(H4,16,17,18,19). The van der Waals surface area contributed by atoms with Crippen molar-refractivity contribution in [3.8, 4) is 11.1 Å². The van der Waals surface area contributed by atoms with Crippen LogP contribution in [0.1, 0.15) is 25.5 Å². The van der Waals surface area contributed by atoms with Crippen molar-refractivity contribution in [3.63, 3.8) is 0 Å². The highest BCUT2D eigenvalue weighted by atomic mass is 35.5. The van der Waals surface area contributed by atoms with E-state index in [1.165, 1.54) is 0 Å². The molecule has 0 radical (unpaired) electrons. The molecule has 19 heavy (non-hydrogen) atoms. The molecule has 1 aromatic carbocycles. The predicted octanol–water partition coefficient (Wildman–Crippen LogP) is 3.74. The zero-order valence-electron chi connectivity index (χ0n) is 10.6. The number of hydrogen-bond acceptors (Lipinski definition) is 4. The normalized spacial score (nSPS) is 11.0. The fourth-order valence-electron chi connectivity index (χ4n) is 1.91. The first-order valence-electron chi connectivity index (χ1n) is 5.79. The van der Waals surface area contributed by atoms with Gasteiger partial charge in [0.15, 0.2) is 0 Å². The largest absolute Gasteiger partial charge is 0.383 e. The van der Waals surface area contributed by atoms with Gasteiger partial charge in [0, 0.05) is 11.1 Å². The molecule has 0 spiro atoms. The van der Waals surface area contributed by atoms with E-state index in [9.17, 15) is 0 Å². The Morgan fingerprint density at radius 3 is 2.42 bits per heavy atom. The Morgan fingerprint density at radius 2 is 1.79 bits per heavy atom. The van der Waals surface area contributed by atoms with E-state index >= 15 is 0 Å². The van der Waals surface area contributed by atoms with Gasteiger partial charge in [-0.25, -0.2) is 4.98 Å². The van der Waals surface area contributed by atoms with Crippen LogP contribution in [-0.4, -0.2) is 9.97 Å². The van der Waals surface area contributed by atoms with E-state index in [-0.39, 0.29) is 11.9 Å². The van der Waals surface area contributed by atoms with Crippen LogP contribution in [0.15, 0.2) is 18.2 Å². The summed E-state index contributed by atoms with van der Waals surface area (Å²) >= 11 is 12.3. The number of anilines is 2. The Hall–Kier alpha value is -1.52. The zero-order chi connectivity index (χ0) is 14.2. The molecular formula is C13H14Cl2N4. The molecule has 0 saturated heterocycles. The van der Waals surface area contributed by atoms with Gasteiger partial charge in [-0.15, -0.1) is 0 Å². The first kappa shape index (κ1) is 13.9. The van der Waals surface area contributed by atoms with E-state index in [4.69, 9.17) is 34.7 Å². The minimum absolute atomic E-state index is 0.137. The van der Waals surface area contributed by atoms with Crippen LogP contribution >= 0.6 is 23.2 Å². The van der Waals surface area contributed by atoms with Gasteiger partial charge < -0.3 is 11.5 Å². The van der Waals surface area contributed by atoms with Crippen molar-refractivity contribution in [2.24, 2.45) is 0 Å². The third kappa shape index (κ3) is 2.60. The predicted molar refractivity (Wildman–Crippen MR) is 80.4 cm³/mol. The molecule has 2 rings (SSSR count). The molecule has 0 amide bonds. The molecule has 0 fully saturated rings. The summed E-state index contributed by atoms with van der Waals surface area (Å²) in [4.78, 5) is 8.27. The van der Waals surface area contributed by atoms with E-state index in [1.54, 1.807) is 6.07 Å². The summed E-state index contributed by atoms with van der Waals surface area (Å²) in [6.45, 7) is 4.01. The molecule has 100 valence electrons. The van der Waals surface area contributed by atoms with E-state index in [0.717, 1.165) is 11.3 Å². The van der Waals surface area contributed by atoms with Crippen LogP contribution in [0.2, 0.25) is 10.0 Å². The van der Waals surface area contributed by atoms with Gasteiger partial charge in [-0.05, 0) is 12.0 Å². The fourth-order valence-corrected chi connectivity index (χ4v) is 2.30. The fraction of sp³-hybridized carbons (Fsp3) is 0.231. The maximum atomic E-state index is 6.24. The van der Waals surface area contributed by atoms with Gasteiger partial charge in [0.2, 0.25) is 5.95 Å². The average molecular weight is 297 g/mol. The number of nitrogens with zero attached hydrogens (tertiary/aromatic N) is 2. The quantitative estimate of drug-likeness (QED) is 0.885. The van der Waals surface area contributed by atoms with Crippen LogP contribution in [-0.2, 0) is 0 Å². The summed E-state index contributed by atoms with van der Waals surface area (Å²) in [5, 5.41) is 0.899. The Balaban J connectivity index is 2.78. The lowest BCUT2D eigenvalue weighted by Crippen LogP contribution is -2.08. The van der Waals surface area contributed by atoms with Crippen LogP contribution in [0, 0.1) is 0 Å². The van der Waals surface area contributed by atoms with Crippen LogP contribution in [0.5, 0.6) is 0 Å². The van der Waals surface area contributed by atoms with Gasteiger partial charge in [0.1, 0.15) is 5.82 Å². The molecule has 1 aromatic heterocycles. The van der Waals surface area contributed by atoms with Gasteiger partial charge in [0.05, 0.1) is 15.7 Å². The van der Waals surface area contributed by atoms with Crippen LogP contribution in [0.25, 0.3) is 11.1 Å². The number of nitrogen functional groups attached to an aromatic ring is 2. The summed E-state index contributed by atoms with van der Waals surface area (Å²) in [7, 11) is 0. The minimum atomic E-state index is 0.137. The molecule has 6 heteroatoms. The second-order valence-corrected chi connectivity index (χ2v) is 5.27. The maximum absolute atomic E-state index is 6.24. The minimum Gasteiger partial charge on any atom is -0.383 e. The highest BCUT2D eigenvalue weighted by molar-refractivity contribution is 6.43. The SMILES string of the molecule is CC(C)c1nc(N)nc(N)c1-c1cccc(Cl)c1Cl. The monoisotopic (exact) mass is 296 g/mol. The molecule has 2 aromatic rings. The summed E-state index contributed by atoms with van der Waals surface area (Å²) < 4.78 is 0. The molecule has 0 aliphatic carbocycles. The van der Waals surface area contributed by atoms with Crippen molar-refractivity contribution < 1.29 is 0 Å². The highest BCUT2D eigenvalue weighted by Gasteiger charge is 2.19. The molecular weight excluding hydrogens is 283 g/mol. The lowest BCUT2D eigenvalue weighted by atomic mass is 9.98. The number of rotatable bonds is 2. The third-order valence-electron chi connectivity index (χ3n) is 2.75. The van der Waals surface area contributed by atoms with Crippen molar-refractivity contribution in [2.45, 2.75) is 19.8 Å². The van der Waals surface area contributed by atoms with Crippen molar-refractivity contribution >= 4 is 35.0 Å².